The first-order valence-corrected chi connectivity index (χ1v) is 5.46. The van der Waals surface area contributed by atoms with E-state index in [4.69, 9.17) is 4.74 Å². The summed E-state index contributed by atoms with van der Waals surface area (Å²) in [7, 11) is 0. The predicted molar refractivity (Wildman–Crippen MR) is 64.4 cm³/mol. The molecule has 1 aromatic heterocycles. The predicted octanol–water partition coefficient (Wildman–Crippen LogP) is 3.42. The van der Waals surface area contributed by atoms with E-state index in [9.17, 15) is 4.39 Å². The molecule has 0 radical (unpaired) electrons. The van der Waals surface area contributed by atoms with Crippen LogP contribution in [0.15, 0.2) is 36.5 Å². The van der Waals surface area contributed by atoms with Crippen molar-refractivity contribution in [3.05, 3.63) is 59.0 Å². The molecule has 2 nitrogen and oxygen atoms in total. The van der Waals surface area contributed by atoms with E-state index < -0.39 is 0 Å². The van der Waals surface area contributed by atoms with Crippen LogP contribution in [-0.2, 0) is 6.61 Å². The molecule has 0 N–H and O–H groups in total. The van der Waals surface area contributed by atoms with Crippen molar-refractivity contribution in [1.29, 1.82) is 0 Å². The lowest BCUT2D eigenvalue weighted by Crippen LogP contribution is -2.00. The fourth-order valence-electron chi connectivity index (χ4n) is 1.59. The molecule has 0 saturated heterocycles. The second-order valence-electron chi connectivity index (χ2n) is 3.98. The maximum absolute atomic E-state index is 12.9. The molecule has 0 spiro atoms. The van der Waals surface area contributed by atoms with Crippen molar-refractivity contribution in [3.63, 3.8) is 0 Å². The van der Waals surface area contributed by atoms with Crippen molar-refractivity contribution in [3.8, 4) is 5.88 Å². The highest BCUT2D eigenvalue weighted by Gasteiger charge is 2.03. The van der Waals surface area contributed by atoms with Crippen LogP contribution in [0.4, 0.5) is 4.39 Å². The molecule has 0 saturated carbocycles. The van der Waals surface area contributed by atoms with E-state index in [0.29, 0.717) is 12.5 Å². The van der Waals surface area contributed by atoms with E-state index in [1.165, 1.54) is 12.1 Å². The molecule has 0 fully saturated rings. The minimum atomic E-state index is -0.222. The average molecular weight is 231 g/mol. The zero-order valence-electron chi connectivity index (χ0n) is 9.90. The minimum Gasteiger partial charge on any atom is -0.473 e. The summed E-state index contributed by atoms with van der Waals surface area (Å²) in [6.07, 6.45) is 1.69. The van der Waals surface area contributed by atoms with Gasteiger partial charge < -0.3 is 4.74 Å². The Labute approximate surface area is 100 Å². The van der Waals surface area contributed by atoms with Crippen LogP contribution in [0.2, 0.25) is 0 Å². The van der Waals surface area contributed by atoms with Gasteiger partial charge in [-0.15, -0.1) is 0 Å². The molecule has 0 aliphatic rings. The summed E-state index contributed by atoms with van der Waals surface area (Å²) in [6, 6.07) is 8.50. The van der Waals surface area contributed by atoms with Gasteiger partial charge >= 0.3 is 0 Å². The van der Waals surface area contributed by atoms with E-state index in [1.807, 2.05) is 26.0 Å². The Kier molecular flexibility index (Phi) is 3.38. The fraction of sp³-hybridized carbons (Fsp3) is 0.214. The van der Waals surface area contributed by atoms with Crippen molar-refractivity contribution in [2.75, 3.05) is 0 Å². The van der Waals surface area contributed by atoms with Gasteiger partial charge in [-0.2, -0.15) is 0 Å². The van der Waals surface area contributed by atoms with Crippen molar-refractivity contribution < 1.29 is 9.13 Å². The van der Waals surface area contributed by atoms with Crippen LogP contribution in [0.3, 0.4) is 0 Å². The molecular weight excluding hydrogens is 217 g/mol. The van der Waals surface area contributed by atoms with Gasteiger partial charge in [0.05, 0.1) is 0 Å². The van der Waals surface area contributed by atoms with Gasteiger partial charge in [-0.1, -0.05) is 12.1 Å². The zero-order valence-corrected chi connectivity index (χ0v) is 9.90. The molecule has 0 atom stereocenters. The Morgan fingerprint density at radius 3 is 2.71 bits per heavy atom. The number of ether oxygens (including phenoxy) is 1. The number of benzene rings is 1. The van der Waals surface area contributed by atoms with Crippen molar-refractivity contribution >= 4 is 0 Å². The van der Waals surface area contributed by atoms with E-state index in [1.54, 1.807) is 12.3 Å². The van der Waals surface area contributed by atoms with E-state index in [2.05, 4.69) is 4.98 Å². The summed E-state index contributed by atoms with van der Waals surface area (Å²) < 4.78 is 18.5. The standard InChI is InChI=1S/C14H14FNO/c1-10-4-3-7-16-14(10)17-9-12-5-6-13(15)8-11(12)2/h3-8H,9H2,1-2H3. The highest BCUT2D eigenvalue weighted by atomic mass is 19.1. The van der Waals surface area contributed by atoms with Crippen LogP contribution >= 0.6 is 0 Å². The highest BCUT2D eigenvalue weighted by molar-refractivity contribution is 5.28. The molecule has 17 heavy (non-hydrogen) atoms. The largest absolute Gasteiger partial charge is 0.473 e. The van der Waals surface area contributed by atoms with Gasteiger partial charge in [0.2, 0.25) is 5.88 Å². The van der Waals surface area contributed by atoms with Gasteiger partial charge in [0, 0.05) is 11.8 Å². The lowest BCUT2D eigenvalue weighted by Gasteiger charge is -2.09. The SMILES string of the molecule is Cc1cc(F)ccc1COc1ncccc1C. The molecular formula is C14H14FNO. The highest BCUT2D eigenvalue weighted by Crippen LogP contribution is 2.16. The second kappa shape index (κ2) is 4.95. The van der Waals surface area contributed by atoms with Crippen LogP contribution in [0.25, 0.3) is 0 Å². The zero-order chi connectivity index (χ0) is 12.3. The molecule has 1 heterocycles. The number of pyridine rings is 1. The lowest BCUT2D eigenvalue weighted by atomic mass is 10.1. The first kappa shape index (κ1) is 11.6. The Hall–Kier alpha value is -1.90. The number of hydrogen-bond donors (Lipinski definition) is 0. The molecule has 0 amide bonds. The number of aromatic nitrogens is 1. The maximum atomic E-state index is 12.9. The average Bonchev–Trinajstić information content (AvgIpc) is 2.30. The van der Waals surface area contributed by atoms with Crippen molar-refractivity contribution in [1.82, 2.24) is 4.98 Å². The van der Waals surface area contributed by atoms with Crippen LogP contribution in [0.1, 0.15) is 16.7 Å². The maximum Gasteiger partial charge on any atom is 0.216 e. The number of nitrogens with zero attached hydrogens (tertiary/aromatic N) is 1. The summed E-state index contributed by atoms with van der Waals surface area (Å²) in [5.74, 6) is 0.400. The Morgan fingerprint density at radius 2 is 2.00 bits per heavy atom. The smallest absolute Gasteiger partial charge is 0.216 e. The Balaban J connectivity index is 2.10. The molecule has 1 aromatic carbocycles. The van der Waals surface area contributed by atoms with Crippen LogP contribution in [0.5, 0.6) is 5.88 Å². The van der Waals surface area contributed by atoms with Gasteiger partial charge in [0.15, 0.2) is 0 Å². The molecule has 3 heteroatoms. The van der Waals surface area contributed by atoms with E-state index >= 15 is 0 Å². The summed E-state index contributed by atoms with van der Waals surface area (Å²) >= 11 is 0. The van der Waals surface area contributed by atoms with Gasteiger partial charge in [0.25, 0.3) is 0 Å². The van der Waals surface area contributed by atoms with Crippen molar-refractivity contribution in [2.24, 2.45) is 0 Å². The molecule has 2 aromatic rings. The van der Waals surface area contributed by atoms with Gasteiger partial charge in [0.1, 0.15) is 12.4 Å². The molecule has 0 unspecified atom stereocenters. The molecule has 0 bridgehead atoms. The Morgan fingerprint density at radius 1 is 1.18 bits per heavy atom. The normalized spacial score (nSPS) is 10.3. The van der Waals surface area contributed by atoms with Gasteiger partial charge in [-0.05, 0) is 43.2 Å². The summed E-state index contributed by atoms with van der Waals surface area (Å²) in [4.78, 5) is 4.14. The molecule has 0 aliphatic carbocycles. The third-order valence-electron chi connectivity index (χ3n) is 2.63. The Bertz CT molecular complexity index is 525. The summed E-state index contributed by atoms with van der Waals surface area (Å²) in [6.45, 7) is 4.22. The molecule has 88 valence electrons. The van der Waals surface area contributed by atoms with Gasteiger partial charge in [-0.25, -0.2) is 9.37 Å². The number of aryl methyl sites for hydroxylation is 2. The third-order valence-corrected chi connectivity index (χ3v) is 2.63. The monoisotopic (exact) mass is 231 g/mol. The van der Waals surface area contributed by atoms with Gasteiger partial charge in [-0.3, -0.25) is 0 Å². The first-order valence-electron chi connectivity index (χ1n) is 5.46. The minimum absolute atomic E-state index is 0.222. The lowest BCUT2D eigenvalue weighted by molar-refractivity contribution is 0.290. The third kappa shape index (κ3) is 2.81. The van der Waals surface area contributed by atoms with Crippen LogP contribution in [0, 0.1) is 19.7 Å². The second-order valence-corrected chi connectivity index (χ2v) is 3.98. The quantitative estimate of drug-likeness (QED) is 0.807. The van der Waals surface area contributed by atoms with Crippen molar-refractivity contribution in [2.45, 2.75) is 20.5 Å². The first-order chi connectivity index (χ1) is 8.16. The number of hydrogen-bond acceptors (Lipinski definition) is 2. The van der Waals surface area contributed by atoms with E-state index in [-0.39, 0.29) is 5.82 Å². The van der Waals surface area contributed by atoms with Crippen LogP contribution in [-0.4, -0.2) is 4.98 Å². The molecule has 2 rings (SSSR count). The fourth-order valence-corrected chi connectivity index (χ4v) is 1.59. The number of halogens is 1. The summed E-state index contributed by atoms with van der Waals surface area (Å²) in [5, 5.41) is 0. The molecule has 0 aliphatic heterocycles. The van der Waals surface area contributed by atoms with Crippen LogP contribution < -0.4 is 4.74 Å². The summed E-state index contributed by atoms with van der Waals surface area (Å²) in [5.41, 5.74) is 2.85. The topological polar surface area (TPSA) is 22.1 Å². The number of rotatable bonds is 3. The van der Waals surface area contributed by atoms with E-state index in [0.717, 1.165) is 16.7 Å².